The van der Waals surface area contributed by atoms with Gasteiger partial charge in [-0.2, -0.15) is 0 Å². The molecule has 0 aliphatic heterocycles. The summed E-state index contributed by atoms with van der Waals surface area (Å²) in [5, 5.41) is 0. The molecule has 0 aliphatic carbocycles. The Morgan fingerprint density at radius 1 is 0.562 bits per heavy atom. The molecule has 0 unspecified atom stereocenters. The van der Waals surface area contributed by atoms with Crippen molar-refractivity contribution in [2.45, 2.75) is 110 Å². The van der Waals surface area contributed by atoms with E-state index in [2.05, 4.69) is 6.92 Å². The summed E-state index contributed by atoms with van der Waals surface area (Å²) in [5.74, 6) is 1.81. The highest BCUT2D eigenvalue weighted by Gasteiger charge is 2.06. The van der Waals surface area contributed by atoms with E-state index in [1.165, 1.54) is 89.9 Å². The Balaban J connectivity index is 1.43. The second-order valence-electron chi connectivity index (χ2n) is 9.06. The third-order valence-corrected chi connectivity index (χ3v) is 6.16. The fourth-order valence-corrected chi connectivity index (χ4v) is 4.13. The number of ketones is 1. The first-order valence-electron chi connectivity index (χ1n) is 13.2. The smallest absolute Gasteiger partial charge is 0.162 e. The monoisotopic (exact) mass is 436 g/mol. The Hall–Kier alpha value is -2.09. The molecule has 0 atom stereocenters. The van der Waals surface area contributed by atoms with Crippen molar-refractivity contribution < 1.29 is 9.53 Å². The van der Waals surface area contributed by atoms with Crippen LogP contribution in [0.1, 0.15) is 120 Å². The van der Waals surface area contributed by atoms with Crippen LogP contribution in [0.2, 0.25) is 0 Å². The van der Waals surface area contributed by atoms with Crippen LogP contribution in [0, 0.1) is 0 Å². The van der Waals surface area contributed by atoms with Crippen molar-refractivity contribution in [1.29, 1.82) is 0 Å². The molecule has 0 spiro atoms. The Bertz CT molecular complexity index is 705. The maximum Gasteiger partial charge on any atom is 0.162 e. The van der Waals surface area contributed by atoms with Gasteiger partial charge in [-0.05, 0) is 42.8 Å². The molecule has 0 radical (unpaired) electrons. The topological polar surface area (TPSA) is 26.3 Å². The molecule has 0 bridgehead atoms. The van der Waals surface area contributed by atoms with Crippen LogP contribution in [0.5, 0.6) is 11.5 Å². The lowest BCUT2D eigenvalue weighted by Crippen LogP contribution is -1.98. The molecule has 2 nitrogen and oxygen atoms in total. The van der Waals surface area contributed by atoms with Gasteiger partial charge in [0, 0.05) is 12.0 Å². The highest BCUT2D eigenvalue weighted by molar-refractivity contribution is 5.96. The maximum absolute atomic E-state index is 12.4. The number of unbranched alkanes of at least 4 members (excludes halogenated alkanes) is 14. The Morgan fingerprint density at radius 2 is 1.00 bits per heavy atom. The van der Waals surface area contributed by atoms with Crippen LogP contribution >= 0.6 is 0 Å². The molecule has 2 rings (SSSR count). The standard InChI is InChI=1S/C30H44O2/c1-2-3-4-5-6-7-8-9-10-11-12-13-14-15-19-22-30(31)27-23-25-29(26-24-27)32-28-20-17-16-18-21-28/h16-18,20-21,23-26H,2-15,19,22H2,1H3. The normalized spacial score (nSPS) is 10.9. The van der Waals surface area contributed by atoms with Crippen LogP contribution in [-0.4, -0.2) is 5.78 Å². The van der Waals surface area contributed by atoms with Gasteiger partial charge in [0.25, 0.3) is 0 Å². The van der Waals surface area contributed by atoms with Crippen molar-refractivity contribution in [3.8, 4) is 11.5 Å². The molecular formula is C30H44O2. The number of carbonyl (C=O) groups excluding carboxylic acids is 1. The predicted molar refractivity (Wildman–Crippen MR) is 137 cm³/mol. The summed E-state index contributed by atoms with van der Waals surface area (Å²) in [5.41, 5.74) is 0.788. The van der Waals surface area contributed by atoms with Crippen molar-refractivity contribution >= 4 is 5.78 Å². The second-order valence-corrected chi connectivity index (χ2v) is 9.06. The third kappa shape index (κ3) is 12.1. The van der Waals surface area contributed by atoms with Crippen molar-refractivity contribution in [3.63, 3.8) is 0 Å². The van der Waals surface area contributed by atoms with Gasteiger partial charge in [0.1, 0.15) is 11.5 Å². The predicted octanol–water partition coefficient (Wildman–Crippen LogP) is 9.92. The number of benzene rings is 2. The van der Waals surface area contributed by atoms with Gasteiger partial charge >= 0.3 is 0 Å². The minimum atomic E-state index is 0.242. The first-order valence-corrected chi connectivity index (χ1v) is 13.2. The molecule has 0 saturated heterocycles. The molecule has 0 aliphatic rings. The Labute approximate surface area is 196 Å². The number of hydrogen-bond donors (Lipinski definition) is 0. The largest absolute Gasteiger partial charge is 0.457 e. The summed E-state index contributed by atoms with van der Waals surface area (Å²) in [7, 11) is 0. The van der Waals surface area contributed by atoms with Gasteiger partial charge in [-0.15, -0.1) is 0 Å². The van der Waals surface area contributed by atoms with Gasteiger partial charge in [0.2, 0.25) is 0 Å². The van der Waals surface area contributed by atoms with Gasteiger partial charge in [-0.3, -0.25) is 4.79 Å². The Morgan fingerprint density at radius 3 is 1.50 bits per heavy atom. The van der Waals surface area contributed by atoms with Gasteiger partial charge in [-0.25, -0.2) is 0 Å². The SMILES string of the molecule is CCCCCCCCCCCCCCCCCC(=O)c1ccc(Oc2ccccc2)cc1. The minimum absolute atomic E-state index is 0.242. The molecule has 32 heavy (non-hydrogen) atoms. The summed E-state index contributed by atoms with van der Waals surface area (Å²) in [4.78, 5) is 12.4. The average molecular weight is 437 g/mol. The van der Waals surface area contributed by atoms with Gasteiger partial charge in [0.05, 0.1) is 0 Å². The van der Waals surface area contributed by atoms with Crippen molar-refractivity contribution in [2.75, 3.05) is 0 Å². The second kappa shape index (κ2) is 17.5. The highest BCUT2D eigenvalue weighted by Crippen LogP contribution is 2.22. The van der Waals surface area contributed by atoms with E-state index in [4.69, 9.17) is 4.74 Å². The number of Topliss-reactive ketones (excluding diaryl/α,β-unsaturated/α-hetero) is 1. The molecular weight excluding hydrogens is 392 g/mol. The molecule has 2 aromatic rings. The van der Waals surface area contributed by atoms with E-state index >= 15 is 0 Å². The first-order chi connectivity index (χ1) is 15.8. The minimum Gasteiger partial charge on any atom is -0.457 e. The zero-order valence-electron chi connectivity index (χ0n) is 20.3. The summed E-state index contributed by atoms with van der Waals surface area (Å²) in [6.07, 6.45) is 20.8. The average Bonchev–Trinajstić information content (AvgIpc) is 2.82. The van der Waals surface area contributed by atoms with Crippen molar-refractivity contribution in [2.24, 2.45) is 0 Å². The van der Waals surface area contributed by atoms with Crippen molar-refractivity contribution in [1.82, 2.24) is 0 Å². The van der Waals surface area contributed by atoms with E-state index in [0.29, 0.717) is 6.42 Å². The van der Waals surface area contributed by atoms with Gasteiger partial charge in [-0.1, -0.05) is 115 Å². The van der Waals surface area contributed by atoms with E-state index in [9.17, 15) is 4.79 Å². The van der Waals surface area contributed by atoms with E-state index in [-0.39, 0.29) is 5.78 Å². The summed E-state index contributed by atoms with van der Waals surface area (Å²) < 4.78 is 5.79. The number of rotatable bonds is 19. The molecule has 176 valence electrons. The molecule has 2 aromatic carbocycles. The number of para-hydroxylation sites is 1. The van der Waals surface area contributed by atoms with Gasteiger partial charge < -0.3 is 4.74 Å². The van der Waals surface area contributed by atoms with Crippen LogP contribution in [0.25, 0.3) is 0 Å². The van der Waals surface area contributed by atoms with Gasteiger partial charge in [0.15, 0.2) is 5.78 Å². The zero-order valence-corrected chi connectivity index (χ0v) is 20.3. The number of hydrogen-bond acceptors (Lipinski definition) is 2. The first kappa shape index (κ1) is 26.2. The summed E-state index contributed by atoms with van der Waals surface area (Å²) in [6.45, 7) is 2.28. The van der Waals surface area contributed by atoms with Crippen LogP contribution < -0.4 is 4.74 Å². The molecule has 0 N–H and O–H groups in total. The number of carbonyl (C=O) groups is 1. The maximum atomic E-state index is 12.4. The van der Waals surface area contributed by atoms with E-state index in [1.807, 2.05) is 54.6 Å². The number of ether oxygens (including phenoxy) is 1. The molecule has 2 heteroatoms. The van der Waals surface area contributed by atoms with Crippen molar-refractivity contribution in [3.05, 3.63) is 60.2 Å². The van der Waals surface area contributed by atoms with Crippen LogP contribution in [0.3, 0.4) is 0 Å². The lowest BCUT2D eigenvalue weighted by atomic mass is 10.0. The lowest BCUT2D eigenvalue weighted by Gasteiger charge is -2.06. The fraction of sp³-hybridized carbons (Fsp3) is 0.567. The summed E-state index contributed by atoms with van der Waals surface area (Å²) in [6, 6.07) is 17.2. The lowest BCUT2D eigenvalue weighted by molar-refractivity contribution is 0.0979. The van der Waals surface area contributed by atoms with Crippen LogP contribution in [0.15, 0.2) is 54.6 Å². The molecule has 0 amide bonds. The highest BCUT2D eigenvalue weighted by atomic mass is 16.5. The van der Waals surface area contributed by atoms with Crippen LogP contribution in [-0.2, 0) is 0 Å². The van der Waals surface area contributed by atoms with E-state index in [0.717, 1.165) is 23.5 Å². The quantitative estimate of drug-likeness (QED) is 0.162. The fourth-order valence-electron chi connectivity index (χ4n) is 4.13. The molecule has 0 aromatic heterocycles. The molecule has 0 saturated carbocycles. The van der Waals surface area contributed by atoms with E-state index in [1.54, 1.807) is 0 Å². The molecule has 0 heterocycles. The summed E-state index contributed by atoms with van der Waals surface area (Å²) >= 11 is 0. The van der Waals surface area contributed by atoms with E-state index < -0.39 is 0 Å². The Kier molecular flexibility index (Phi) is 14.3. The molecule has 0 fully saturated rings. The van der Waals surface area contributed by atoms with Crippen LogP contribution in [0.4, 0.5) is 0 Å². The zero-order chi connectivity index (χ0) is 22.7. The third-order valence-electron chi connectivity index (χ3n) is 6.16.